The number of benzene rings is 1. The lowest BCUT2D eigenvalue weighted by Crippen LogP contribution is -2.01. The Bertz CT molecular complexity index is 742. The molecular formula is C13H11ClO2S2. The summed E-state index contributed by atoms with van der Waals surface area (Å²) in [5, 5.41) is 0. The van der Waals surface area contributed by atoms with E-state index < -0.39 is 9.84 Å². The Morgan fingerprint density at radius 1 is 1.22 bits per heavy atom. The molecule has 18 heavy (non-hydrogen) atoms. The summed E-state index contributed by atoms with van der Waals surface area (Å²) in [5.41, 5.74) is 1.54. The second-order valence-electron chi connectivity index (χ2n) is 4.60. The molecule has 0 unspecified atom stereocenters. The van der Waals surface area contributed by atoms with Crippen LogP contribution in [0.5, 0.6) is 0 Å². The van der Waals surface area contributed by atoms with Crippen LogP contribution in [0, 0.1) is 0 Å². The molecule has 2 nitrogen and oxygen atoms in total. The molecule has 0 bridgehead atoms. The van der Waals surface area contributed by atoms with Gasteiger partial charge in [-0.3, -0.25) is 0 Å². The molecular weight excluding hydrogens is 288 g/mol. The van der Waals surface area contributed by atoms with Crippen molar-refractivity contribution in [1.82, 2.24) is 0 Å². The van der Waals surface area contributed by atoms with Gasteiger partial charge in [-0.05, 0) is 12.0 Å². The van der Waals surface area contributed by atoms with Crippen LogP contribution < -0.4 is 0 Å². The van der Waals surface area contributed by atoms with Gasteiger partial charge in [0.15, 0.2) is 0 Å². The maximum absolute atomic E-state index is 12.6. The van der Waals surface area contributed by atoms with Crippen LogP contribution in [0.25, 0.3) is 10.4 Å². The van der Waals surface area contributed by atoms with Gasteiger partial charge in [-0.25, -0.2) is 8.42 Å². The van der Waals surface area contributed by atoms with E-state index >= 15 is 0 Å². The molecule has 0 N–H and O–H groups in total. The van der Waals surface area contributed by atoms with Gasteiger partial charge in [0.25, 0.3) is 0 Å². The summed E-state index contributed by atoms with van der Waals surface area (Å²) in [4.78, 5) is 1.62. The molecule has 0 saturated carbocycles. The van der Waals surface area contributed by atoms with E-state index in [1.165, 1.54) is 11.3 Å². The molecule has 1 aromatic heterocycles. The highest BCUT2D eigenvalue weighted by atomic mass is 35.5. The van der Waals surface area contributed by atoms with Crippen LogP contribution in [0.15, 0.2) is 34.1 Å². The van der Waals surface area contributed by atoms with Crippen LogP contribution >= 0.6 is 22.9 Å². The maximum Gasteiger partial charge on any atom is 0.209 e. The van der Waals surface area contributed by atoms with Gasteiger partial charge in [-0.2, -0.15) is 0 Å². The summed E-state index contributed by atoms with van der Waals surface area (Å²) >= 11 is 7.57. The normalized spacial score (nSPS) is 15.8. The second-order valence-corrected chi connectivity index (χ2v) is 8.08. The SMILES string of the molecule is CC(C)c1c(Cl)sc2c1S(=O)(=O)c1ccccc1-2. The lowest BCUT2D eigenvalue weighted by molar-refractivity contribution is 0.597. The molecule has 2 aromatic rings. The van der Waals surface area contributed by atoms with Crippen LogP contribution in [0.2, 0.25) is 4.34 Å². The van der Waals surface area contributed by atoms with Crippen molar-refractivity contribution in [3.05, 3.63) is 34.2 Å². The summed E-state index contributed by atoms with van der Waals surface area (Å²) in [6.45, 7) is 3.93. The van der Waals surface area contributed by atoms with E-state index in [0.29, 0.717) is 14.1 Å². The largest absolute Gasteiger partial charge is 0.218 e. The third-order valence-corrected chi connectivity index (χ3v) is 6.61. The lowest BCUT2D eigenvalue weighted by Gasteiger charge is -2.06. The minimum atomic E-state index is -3.39. The number of rotatable bonds is 1. The number of fused-ring (bicyclic) bond motifs is 3. The summed E-state index contributed by atoms with van der Waals surface area (Å²) < 4.78 is 25.7. The van der Waals surface area contributed by atoms with Crippen LogP contribution in [0.1, 0.15) is 25.3 Å². The van der Waals surface area contributed by atoms with Crippen LogP contribution in [0.3, 0.4) is 0 Å². The zero-order valence-electron chi connectivity index (χ0n) is 9.90. The Labute approximate surface area is 115 Å². The molecule has 94 valence electrons. The van der Waals surface area contributed by atoms with E-state index in [-0.39, 0.29) is 5.92 Å². The fourth-order valence-corrected chi connectivity index (χ4v) is 6.55. The van der Waals surface area contributed by atoms with E-state index in [0.717, 1.165) is 16.0 Å². The van der Waals surface area contributed by atoms with Gasteiger partial charge in [-0.15, -0.1) is 11.3 Å². The zero-order valence-corrected chi connectivity index (χ0v) is 12.3. The highest BCUT2D eigenvalue weighted by Crippen LogP contribution is 2.53. The monoisotopic (exact) mass is 298 g/mol. The summed E-state index contributed by atoms with van der Waals surface area (Å²) in [5.74, 6) is 0.0987. The molecule has 5 heteroatoms. The van der Waals surface area contributed by atoms with E-state index in [4.69, 9.17) is 11.6 Å². The van der Waals surface area contributed by atoms with Crippen molar-refractivity contribution >= 4 is 32.8 Å². The van der Waals surface area contributed by atoms with Gasteiger partial charge in [0.05, 0.1) is 19.0 Å². The topological polar surface area (TPSA) is 34.1 Å². The third-order valence-electron chi connectivity index (χ3n) is 3.12. The number of sulfone groups is 1. The van der Waals surface area contributed by atoms with Crippen molar-refractivity contribution in [2.24, 2.45) is 0 Å². The highest BCUT2D eigenvalue weighted by molar-refractivity contribution is 7.92. The number of thiophene rings is 1. The molecule has 0 amide bonds. The Morgan fingerprint density at radius 3 is 2.56 bits per heavy atom. The molecule has 1 aromatic carbocycles. The Balaban J connectivity index is 2.46. The molecule has 0 aliphatic carbocycles. The third kappa shape index (κ3) is 1.43. The predicted molar refractivity (Wildman–Crippen MR) is 74.3 cm³/mol. The van der Waals surface area contributed by atoms with Gasteiger partial charge >= 0.3 is 0 Å². The Hall–Kier alpha value is -0.840. The Kier molecular flexibility index (Phi) is 2.59. The van der Waals surface area contributed by atoms with Gasteiger partial charge in [0.2, 0.25) is 9.84 Å². The molecule has 0 saturated heterocycles. The molecule has 2 heterocycles. The maximum atomic E-state index is 12.6. The van der Waals surface area contributed by atoms with Crippen molar-refractivity contribution < 1.29 is 8.42 Å². The first kappa shape index (κ1) is 12.2. The Morgan fingerprint density at radius 2 is 1.89 bits per heavy atom. The first-order chi connectivity index (χ1) is 8.44. The highest BCUT2D eigenvalue weighted by Gasteiger charge is 2.38. The average Bonchev–Trinajstić information content (AvgIpc) is 2.75. The first-order valence-corrected chi connectivity index (χ1v) is 8.29. The van der Waals surface area contributed by atoms with E-state index in [1.807, 2.05) is 26.0 Å². The zero-order chi connectivity index (χ0) is 13.1. The quantitative estimate of drug-likeness (QED) is 0.670. The van der Waals surface area contributed by atoms with Crippen molar-refractivity contribution in [1.29, 1.82) is 0 Å². The molecule has 0 radical (unpaired) electrons. The minimum Gasteiger partial charge on any atom is -0.218 e. The van der Waals surface area contributed by atoms with Crippen molar-refractivity contribution in [3.8, 4) is 10.4 Å². The summed E-state index contributed by atoms with van der Waals surface area (Å²) in [6, 6.07) is 7.11. The summed E-state index contributed by atoms with van der Waals surface area (Å²) in [7, 11) is -3.39. The van der Waals surface area contributed by atoms with Gasteiger partial charge in [0.1, 0.15) is 0 Å². The second kappa shape index (κ2) is 3.83. The minimum absolute atomic E-state index is 0.0987. The average molecular weight is 299 g/mol. The smallest absolute Gasteiger partial charge is 0.209 e. The fraction of sp³-hybridized carbons (Fsp3) is 0.231. The predicted octanol–water partition coefficient (Wildman–Crippen LogP) is 4.34. The van der Waals surface area contributed by atoms with E-state index in [1.54, 1.807) is 12.1 Å². The van der Waals surface area contributed by atoms with Gasteiger partial charge in [0, 0.05) is 11.1 Å². The number of hydrogen-bond donors (Lipinski definition) is 0. The standard InChI is InChI=1S/C13H11ClO2S2/c1-7(2)10-12-11(17-13(10)14)8-5-3-4-6-9(8)18(12,15)16/h3-7H,1-2H3. The molecule has 0 spiro atoms. The molecule has 0 atom stereocenters. The lowest BCUT2D eigenvalue weighted by atomic mass is 10.1. The van der Waals surface area contributed by atoms with E-state index in [9.17, 15) is 8.42 Å². The molecule has 3 rings (SSSR count). The summed E-state index contributed by atoms with van der Waals surface area (Å²) in [6.07, 6.45) is 0. The van der Waals surface area contributed by atoms with Gasteiger partial charge in [-0.1, -0.05) is 43.6 Å². The molecule has 1 aliphatic heterocycles. The number of hydrogen-bond acceptors (Lipinski definition) is 3. The van der Waals surface area contributed by atoms with Crippen LogP contribution in [0.4, 0.5) is 0 Å². The van der Waals surface area contributed by atoms with E-state index in [2.05, 4.69) is 0 Å². The molecule has 0 fully saturated rings. The van der Waals surface area contributed by atoms with Crippen molar-refractivity contribution in [3.63, 3.8) is 0 Å². The number of halogens is 1. The van der Waals surface area contributed by atoms with Crippen molar-refractivity contribution in [2.45, 2.75) is 29.6 Å². The first-order valence-electron chi connectivity index (χ1n) is 5.61. The van der Waals surface area contributed by atoms with Crippen LogP contribution in [-0.4, -0.2) is 8.42 Å². The molecule has 1 aliphatic rings. The van der Waals surface area contributed by atoms with Crippen LogP contribution in [-0.2, 0) is 9.84 Å². The fourth-order valence-electron chi connectivity index (χ4n) is 2.33. The van der Waals surface area contributed by atoms with Gasteiger partial charge < -0.3 is 0 Å². The van der Waals surface area contributed by atoms with Crippen molar-refractivity contribution in [2.75, 3.05) is 0 Å².